The number of carbonyl (C=O) groups is 1. The smallest absolute Gasteiger partial charge is 0.315 e. The molecule has 0 bridgehead atoms. The maximum Gasteiger partial charge on any atom is 0.315 e. The van der Waals surface area contributed by atoms with Crippen LogP contribution >= 0.6 is 0 Å². The van der Waals surface area contributed by atoms with E-state index in [1.54, 1.807) is 6.20 Å². The number of rotatable bonds is 8. The fourth-order valence-corrected chi connectivity index (χ4v) is 2.38. The standard InChI is InChI=1S/C17H24N4O2/c1-14-18-10-12-21(14)11-6-5-9-19-17(23)20-16(13-22)15-7-3-2-4-8-15/h2-4,7-8,10,12,16,22H,5-6,9,11,13H2,1H3,(H2,19,20,23). The lowest BCUT2D eigenvalue weighted by atomic mass is 10.1. The van der Waals surface area contributed by atoms with Crippen LogP contribution in [0.5, 0.6) is 0 Å². The van der Waals surface area contributed by atoms with Crippen LogP contribution in [0.25, 0.3) is 0 Å². The van der Waals surface area contributed by atoms with Crippen LogP contribution in [0, 0.1) is 6.92 Å². The van der Waals surface area contributed by atoms with Crippen LogP contribution in [0.4, 0.5) is 4.79 Å². The predicted molar refractivity (Wildman–Crippen MR) is 89.0 cm³/mol. The van der Waals surface area contributed by atoms with E-state index >= 15 is 0 Å². The van der Waals surface area contributed by atoms with Gasteiger partial charge in [0.25, 0.3) is 0 Å². The molecule has 1 heterocycles. The quantitative estimate of drug-likeness (QED) is 0.652. The van der Waals surface area contributed by atoms with E-state index < -0.39 is 0 Å². The molecular weight excluding hydrogens is 292 g/mol. The van der Waals surface area contributed by atoms with E-state index in [1.807, 2.05) is 43.5 Å². The van der Waals surface area contributed by atoms with Gasteiger partial charge in [-0.25, -0.2) is 9.78 Å². The molecule has 0 saturated heterocycles. The zero-order valence-electron chi connectivity index (χ0n) is 13.4. The Hall–Kier alpha value is -2.34. The van der Waals surface area contributed by atoms with Crippen molar-refractivity contribution in [2.45, 2.75) is 32.4 Å². The molecule has 6 nitrogen and oxygen atoms in total. The molecule has 1 aromatic carbocycles. The molecule has 1 unspecified atom stereocenters. The van der Waals surface area contributed by atoms with E-state index in [9.17, 15) is 9.90 Å². The van der Waals surface area contributed by atoms with Crippen molar-refractivity contribution in [3.8, 4) is 0 Å². The van der Waals surface area contributed by atoms with Gasteiger partial charge in [0.2, 0.25) is 0 Å². The summed E-state index contributed by atoms with van der Waals surface area (Å²) in [6.07, 6.45) is 5.61. The Morgan fingerprint density at radius 2 is 2.09 bits per heavy atom. The van der Waals surface area contributed by atoms with Crippen molar-refractivity contribution in [3.63, 3.8) is 0 Å². The molecule has 0 radical (unpaired) electrons. The number of urea groups is 1. The van der Waals surface area contributed by atoms with E-state index in [-0.39, 0.29) is 18.7 Å². The Bertz CT molecular complexity index is 598. The lowest BCUT2D eigenvalue weighted by molar-refractivity contribution is 0.217. The number of nitrogens with zero attached hydrogens (tertiary/aromatic N) is 2. The number of imidazole rings is 1. The Labute approximate surface area is 136 Å². The van der Waals surface area contributed by atoms with Gasteiger partial charge in [0.1, 0.15) is 5.82 Å². The number of aliphatic hydroxyl groups is 1. The highest BCUT2D eigenvalue weighted by Crippen LogP contribution is 2.11. The van der Waals surface area contributed by atoms with Gasteiger partial charge in [-0.05, 0) is 25.3 Å². The maximum atomic E-state index is 11.9. The molecule has 0 saturated carbocycles. The minimum Gasteiger partial charge on any atom is -0.394 e. The SMILES string of the molecule is Cc1nccn1CCCCNC(=O)NC(CO)c1ccccc1. The second-order valence-electron chi connectivity index (χ2n) is 5.42. The van der Waals surface area contributed by atoms with Crippen molar-refractivity contribution < 1.29 is 9.90 Å². The van der Waals surface area contributed by atoms with Gasteiger partial charge in [0.05, 0.1) is 12.6 Å². The number of aryl methyl sites for hydroxylation is 2. The molecule has 2 aromatic rings. The fourth-order valence-electron chi connectivity index (χ4n) is 2.38. The molecule has 6 heteroatoms. The molecule has 1 aromatic heterocycles. The molecule has 2 amide bonds. The van der Waals surface area contributed by atoms with E-state index in [4.69, 9.17) is 0 Å². The summed E-state index contributed by atoms with van der Waals surface area (Å²) in [6.45, 7) is 3.35. The summed E-state index contributed by atoms with van der Waals surface area (Å²) in [5.41, 5.74) is 0.890. The summed E-state index contributed by atoms with van der Waals surface area (Å²) in [5.74, 6) is 1.00. The number of carbonyl (C=O) groups excluding carboxylic acids is 1. The van der Waals surface area contributed by atoms with Gasteiger partial charge in [-0.15, -0.1) is 0 Å². The van der Waals surface area contributed by atoms with Crippen molar-refractivity contribution in [1.29, 1.82) is 0 Å². The first kappa shape index (κ1) is 17.0. The number of hydrogen-bond acceptors (Lipinski definition) is 3. The molecule has 0 aliphatic heterocycles. The van der Waals surface area contributed by atoms with Gasteiger partial charge in [-0.3, -0.25) is 0 Å². The summed E-state index contributed by atoms with van der Waals surface area (Å²) in [5, 5.41) is 15.0. The largest absolute Gasteiger partial charge is 0.394 e. The number of amides is 2. The monoisotopic (exact) mass is 316 g/mol. The van der Waals surface area contributed by atoms with Crippen LogP contribution in [-0.2, 0) is 6.54 Å². The van der Waals surface area contributed by atoms with Gasteiger partial charge in [-0.1, -0.05) is 30.3 Å². The summed E-state index contributed by atoms with van der Waals surface area (Å²) < 4.78 is 2.09. The van der Waals surface area contributed by atoms with Crippen molar-refractivity contribution in [1.82, 2.24) is 20.2 Å². The molecule has 0 aliphatic rings. The van der Waals surface area contributed by atoms with Crippen LogP contribution in [0.15, 0.2) is 42.7 Å². The van der Waals surface area contributed by atoms with E-state index in [0.717, 1.165) is 30.8 Å². The predicted octanol–water partition coefficient (Wildman–Crippen LogP) is 2.00. The molecule has 23 heavy (non-hydrogen) atoms. The molecule has 124 valence electrons. The summed E-state index contributed by atoms with van der Waals surface area (Å²) in [6, 6.07) is 8.80. The zero-order chi connectivity index (χ0) is 16.5. The molecule has 0 spiro atoms. The highest BCUT2D eigenvalue weighted by Gasteiger charge is 2.12. The van der Waals surface area contributed by atoms with Crippen LogP contribution < -0.4 is 10.6 Å². The third-order valence-corrected chi connectivity index (χ3v) is 3.72. The lowest BCUT2D eigenvalue weighted by Gasteiger charge is -2.17. The van der Waals surface area contributed by atoms with Gasteiger partial charge in [-0.2, -0.15) is 0 Å². The molecule has 0 fully saturated rings. The van der Waals surface area contributed by atoms with Crippen molar-refractivity contribution in [2.75, 3.05) is 13.2 Å². The Morgan fingerprint density at radius 3 is 2.74 bits per heavy atom. The van der Waals surface area contributed by atoms with Crippen molar-refractivity contribution in [2.24, 2.45) is 0 Å². The van der Waals surface area contributed by atoms with Crippen molar-refractivity contribution in [3.05, 3.63) is 54.1 Å². The average Bonchev–Trinajstić information content (AvgIpc) is 2.98. The number of aliphatic hydroxyl groups excluding tert-OH is 1. The minimum atomic E-state index is -0.384. The summed E-state index contributed by atoms with van der Waals surface area (Å²) in [4.78, 5) is 16.1. The fraction of sp³-hybridized carbons (Fsp3) is 0.412. The number of benzene rings is 1. The Morgan fingerprint density at radius 1 is 1.30 bits per heavy atom. The van der Waals surface area contributed by atoms with Gasteiger partial charge in [0.15, 0.2) is 0 Å². The highest BCUT2D eigenvalue weighted by molar-refractivity contribution is 5.74. The third-order valence-electron chi connectivity index (χ3n) is 3.72. The molecule has 3 N–H and O–H groups in total. The van der Waals surface area contributed by atoms with E-state index in [2.05, 4.69) is 20.2 Å². The first-order chi connectivity index (χ1) is 11.2. The lowest BCUT2D eigenvalue weighted by Crippen LogP contribution is -2.39. The molecule has 0 aliphatic carbocycles. The molecule has 1 atom stereocenters. The first-order valence-electron chi connectivity index (χ1n) is 7.88. The normalized spacial score (nSPS) is 11.9. The molecular formula is C17H24N4O2. The summed E-state index contributed by atoms with van der Waals surface area (Å²) in [7, 11) is 0. The number of nitrogens with one attached hydrogen (secondary N) is 2. The average molecular weight is 316 g/mol. The van der Waals surface area contributed by atoms with Gasteiger partial charge in [0, 0.05) is 25.5 Å². The van der Waals surface area contributed by atoms with Gasteiger partial charge < -0.3 is 20.3 Å². The Balaban J connectivity index is 1.65. The minimum absolute atomic E-state index is 0.128. The van der Waals surface area contributed by atoms with Crippen molar-refractivity contribution >= 4 is 6.03 Å². The van der Waals surface area contributed by atoms with E-state index in [0.29, 0.717) is 6.54 Å². The van der Waals surface area contributed by atoms with Crippen LogP contribution in [0.1, 0.15) is 30.3 Å². The topological polar surface area (TPSA) is 79.2 Å². The number of unbranched alkanes of at least 4 members (excludes halogenated alkanes) is 1. The van der Waals surface area contributed by atoms with Crippen LogP contribution in [0.3, 0.4) is 0 Å². The summed E-state index contributed by atoms with van der Waals surface area (Å²) >= 11 is 0. The maximum absolute atomic E-state index is 11.9. The second kappa shape index (κ2) is 8.95. The van der Waals surface area contributed by atoms with Crippen LogP contribution in [-0.4, -0.2) is 33.8 Å². The Kier molecular flexibility index (Phi) is 6.62. The molecule has 2 rings (SSSR count). The third kappa shape index (κ3) is 5.41. The number of hydrogen-bond donors (Lipinski definition) is 3. The van der Waals surface area contributed by atoms with Gasteiger partial charge >= 0.3 is 6.03 Å². The van der Waals surface area contributed by atoms with Crippen LogP contribution in [0.2, 0.25) is 0 Å². The number of aromatic nitrogens is 2. The highest BCUT2D eigenvalue weighted by atomic mass is 16.3. The second-order valence-corrected chi connectivity index (χ2v) is 5.42. The zero-order valence-corrected chi connectivity index (χ0v) is 13.4. The first-order valence-corrected chi connectivity index (χ1v) is 7.88. The van der Waals surface area contributed by atoms with E-state index in [1.165, 1.54) is 0 Å².